The van der Waals surface area contributed by atoms with Crippen LogP contribution >= 0.6 is 15.9 Å². The Hall–Kier alpha value is -2.32. The molecule has 2 aromatic carbocycles. The Morgan fingerprint density at radius 3 is 2.55 bits per heavy atom. The monoisotopic (exact) mass is 331 g/mol. The molecule has 2 rings (SSSR count). The SMILES string of the molecule is N#CCc1ccc(Oc2ccc(Br)cc2C(=O)O)cc1. The Morgan fingerprint density at radius 1 is 1.25 bits per heavy atom. The predicted molar refractivity (Wildman–Crippen MR) is 76.9 cm³/mol. The van der Waals surface area contributed by atoms with Gasteiger partial charge in [0.05, 0.1) is 12.5 Å². The van der Waals surface area contributed by atoms with Crippen molar-refractivity contribution in [1.29, 1.82) is 5.26 Å². The van der Waals surface area contributed by atoms with Crippen molar-refractivity contribution in [3.05, 3.63) is 58.1 Å². The largest absolute Gasteiger partial charge is 0.478 e. The van der Waals surface area contributed by atoms with Gasteiger partial charge in [-0.15, -0.1) is 0 Å². The minimum atomic E-state index is -1.05. The second-order valence-electron chi connectivity index (χ2n) is 4.03. The molecule has 0 aromatic heterocycles. The number of halogens is 1. The van der Waals surface area contributed by atoms with E-state index in [1.54, 1.807) is 36.4 Å². The number of benzene rings is 2. The van der Waals surface area contributed by atoms with Crippen LogP contribution in [0, 0.1) is 11.3 Å². The van der Waals surface area contributed by atoms with Crippen LogP contribution < -0.4 is 4.74 Å². The molecule has 5 heteroatoms. The lowest BCUT2D eigenvalue weighted by Crippen LogP contribution is -2.00. The molecule has 0 radical (unpaired) electrons. The molecule has 20 heavy (non-hydrogen) atoms. The van der Waals surface area contributed by atoms with E-state index in [-0.39, 0.29) is 11.3 Å². The Balaban J connectivity index is 2.26. The second kappa shape index (κ2) is 6.22. The molecule has 0 aliphatic carbocycles. The van der Waals surface area contributed by atoms with E-state index in [9.17, 15) is 4.79 Å². The zero-order valence-electron chi connectivity index (χ0n) is 10.3. The van der Waals surface area contributed by atoms with Gasteiger partial charge in [-0.2, -0.15) is 5.26 Å². The zero-order valence-corrected chi connectivity index (χ0v) is 11.9. The molecule has 0 heterocycles. The van der Waals surface area contributed by atoms with Crippen molar-refractivity contribution in [2.75, 3.05) is 0 Å². The predicted octanol–water partition coefficient (Wildman–Crippen LogP) is 4.01. The van der Waals surface area contributed by atoms with Crippen LogP contribution in [0.4, 0.5) is 0 Å². The summed E-state index contributed by atoms with van der Waals surface area (Å²) in [5.41, 5.74) is 0.967. The first-order valence-electron chi connectivity index (χ1n) is 5.77. The highest BCUT2D eigenvalue weighted by Gasteiger charge is 2.12. The highest BCUT2D eigenvalue weighted by molar-refractivity contribution is 9.10. The Morgan fingerprint density at radius 2 is 1.95 bits per heavy atom. The van der Waals surface area contributed by atoms with Crippen molar-refractivity contribution < 1.29 is 14.6 Å². The van der Waals surface area contributed by atoms with Crippen LogP contribution in [0.3, 0.4) is 0 Å². The Labute approximate surface area is 124 Å². The number of nitriles is 1. The number of carboxylic acids is 1. The number of rotatable bonds is 4. The maximum Gasteiger partial charge on any atom is 0.339 e. The highest BCUT2D eigenvalue weighted by Crippen LogP contribution is 2.28. The third-order valence-corrected chi connectivity index (χ3v) is 3.10. The van der Waals surface area contributed by atoms with E-state index >= 15 is 0 Å². The van der Waals surface area contributed by atoms with Gasteiger partial charge in [0.15, 0.2) is 0 Å². The van der Waals surface area contributed by atoms with Crippen LogP contribution in [-0.2, 0) is 6.42 Å². The third-order valence-electron chi connectivity index (χ3n) is 2.61. The summed E-state index contributed by atoms with van der Waals surface area (Å²) >= 11 is 3.23. The fraction of sp³-hybridized carbons (Fsp3) is 0.0667. The molecular formula is C15H10BrNO3. The maximum atomic E-state index is 11.2. The number of hydrogen-bond acceptors (Lipinski definition) is 3. The summed E-state index contributed by atoms with van der Waals surface area (Å²) < 4.78 is 6.25. The van der Waals surface area contributed by atoms with Crippen molar-refractivity contribution in [2.45, 2.75) is 6.42 Å². The fourth-order valence-electron chi connectivity index (χ4n) is 1.65. The van der Waals surface area contributed by atoms with E-state index in [0.29, 0.717) is 16.6 Å². The maximum absolute atomic E-state index is 11.2. The van der Waals surface area contributed by atoms with Gasteiger partial charge in [-0.1, -0.05) is 28.1 Å². The van der Waals surface area contributed by atoms with E-state index in [1.807, 2.05) is 0 Å². The third kappa shape index (κ3) is 3.37. The van der Waals surface area contributed by atoms with E-state index in [0.717, 1.165) is 5.56 Å². The Bertz CT molecular complexity index is 675. The molecule has 0 atom stereocenters. The molecular weight excluding hydrogens is 322 g/mol. The van der Waals surface area contributed by atoms with Gasteiger partial charge in [0.25, 0.3) is 0 Å². The number of nitrogens with zero attached hydrogens (tertiary/aromatic N) is 1. The lowest BCUT2D eigenvalue weighted by atomic mass is 10.1. The minimum Gasteiger partial charge on any atom is -0.478 e. The van der Waals surface area contributed by atoms with Gasteiger partial charge < -0.3 is 9.84 Å². The summed E-state index contributed by atoms with van der Waals surface area (Å²) in [7, 11) is 0. The van der Waals surface area contributed by atoms with Gasteiger partial charge in [-0.25, -0.2) is 4.79 Å². The number of carbonyl (C=O) groups is 1. The summed E-state index contributed by atoms with van der Waals surface area (Å²) in [5.74, 6) is -0.257. The van der Waals surface area contributed by atoms with Gasteiger partial charge in [-0.05, 0) is 35.9 Å². The molecule has 0 fully saturated rings. The first-order chi connectivity index (χ1) is 9.60. The smallest absolute Gasteiger partial charge is 0.339 e. The van der Waals surface area contributed by atoms with Gasteiger partial charge in [0.2, 0.25) is 0 Å². The van der Waals surface area contributed by atoms with Crippen molar-refractivity contribution in [2.24, 2.45) is 0 Å². The topological polar surface area (TPSA) is 70.3 Å². The van der Waals surface area contributed by atoms with Crippen LogP contribution in [-0.4, -0.2) is 11.1 Å². The molecule has 0 amide bonds. The highest BCUT2D eigenvalue weighted by atomic mass is 79.9. The average Bonchev–Trinajstić information content (AvgIpc) is 2.43. The van der Waals surface area contributed by atoms with Crippen LogP contribution in [0.5, 0.6) is 11.5 Å². The standard InChI is InChI=1S/C15H10BrNO3/c16-11-3-6-14(13(9-11)15(18)19)20-12-4-1-10(2-5-12)7-8-17/h1-6,9H,7H2,(H,18,19). The summed E-state index contributed by atoms with van der Waals surface area (Å²) in [6, 6.07) is 13.8. The number of carboxylic acid groups (broad SMARTS) is 1. The van der Waals surface area contributed by atoms with Crippen LogP contribution in [0.1, 0.15) is 15.9 Å². The minimum absolute atomic E-state index is 0.0838. The van der Waals surface area contributed by atoms with Crippen molar-refractivity contribution in [3.8, 4) is 17.6 Å². The number of ether oxygens (including phenoxy) is 1. The average molecular weight is 332 g/mol. The molecule has 0 aliphatic rings. The first-order valence-corrected chi connectivity index (χ1v) is 6.56. The molecule has 0 aliphatic heterocycles. The van der Waals surface area contributed by atoms with E-state index in [1.165, 1.54) is 6.07 Å². The number of hydrogen-bond donors (Lipinski definition) is 1. The van der Waals surface area contributed by atoms with E-state index in [4.69, 9.17) is 15.1 Å². The second-order valence-corrected chi connectivity index (χ2v) is 4.94. The van der Waals surface area contributed by atoms with Crippen LogP contribution in [0.2, 0.25) is 0 Å². The summed E-state index contributed by atoms with van der Waals surface area (Å²) in [5, 5.41) is 17.7. The molecule has 0 bridgehead atoms. The molecule has 0 saturated carbocycles. The molecule has 0 spiro atoms. The summed E-state index contributed by atoms with van der Waals surface area (Å²) in [6.45, 7) is 0. The zero-order chi connectivity index (χ0) is 14.5. The molecule has 0 saturated heterocycles. The van der Waals surface area contributed by atoms with E-state index in [2.05, 4.69) is 22.0 Å². The lowest BCUT2D eigenvalue weighted by molar-refractivity contribution is 0.0694. The van der Waals surface area contributed by atoms with Crippen molar-refractivity contribution >= 4 is 21.9 Å². The van der Waals surface area contributed by atoms with Gasteiger partial charge >= 0.3 is 5.97 Å². The van der Waals surface area contributed by atoms with Crippen molar-refractivity contribution in [1.82, 2.24) is 0 Å². The van der Waals surface area contributed by atoms with Crippen LogP contribution in [0.15, 0.2) is 46.9 Å². The van der Waals surface area contributed by atoms with Gasteiger partial charge in [0, 0.05) is 4.47 Å². The first kappa shape index (κ1) is 14.1. The van der Waals surface area contributed by atoms with Gasteiger partial charge in [0.1, 0.15) is 17.1 Å². The molecule has 100 valence electrons. The molecule has 4 nitrogen and oxygen atoms in total. The van der Waals surface area contributed by atoms with Crippen LogP contribution in [0.25, 0.3) is 0 Å². The quantitative estimate of drug-likeness (QED) is 0.918. The number of aromatic carboxylic acids is 1. The molecule has 2 aromatic rings. The summed E-state index contributed by atoms with van der Waals surface area (Å²) in [4.78, 5) is 11.2. The molecule has 0 unspecified atom stereocenters. The van der Waals surface area contributed by atoms with E-state index < -0.39 is 5.97 Å². The lowest BCUT2D eigenvalue weighted by Gasteiger charge is -2.09. The fourth-order valence-corrected chi connectivity index (χ4v) is 2.01. The molecule has 1 N–H and O–H groups in total. The normalized spacial score (nSPS) is 9.80. The van der Waals surface area contributed by atoms with Gasteiger partial charge in [-0.3, -0.25) is 0 Å². The van der Waals surface area contributed by atoms with Crippen molar-refractivity contribution in [3.63, 3.8) is 0 Å². The summed E-state index contributed by atoms with van der Waals surface area (Å²) in [6.07, 6.45) is 0.332. The Kier molecular flexibility index (Phi) is 4.38.